The highest BCUT2D eigenvalue weighted by molar-refractivity contribution is 9.11. The van der Waals surface area contributed by atoms with Crippen molar-refractivity contribution in [2.45, 2.75) is 65.2 Å². The molecule has 0 aliphatic carbocycles. The Morgan fingerprint density at radius 1 is 1.11 bits per heavy atom. The summed E-state index contributed by atoms with van der Waals surface area (Å²) in [6.07, 6.45) is 0.887. The highest BCUT2D eigenvalue weighted by Gasteiger charge is 2.30. The van der Waals surface area contributed by atoms with E-state index in [9.17, 15) is 9.59 Å². The quantitative estimate of drug-likeness (QED) is 0.486. The molecule has 35 heavy (non-hydrogen) atoms. The second-order valence-electron chi connectivity index (χ2n) is 10.1. The van der Waals surface area contributed by atoms with E-state index >= 15 is 0 Å². The van der Waals surface area contributed by atoms with E-state index < -0.39 is 29.4 Å². The summed E-state index contributed by atoms with van der Waals surface area (Å²) in [5.74, 6) is 1.33. The summed E-state index contributed by atoms with van der Waals surface area (Å²) in [7, 11) is 0. The Bertz CT molecular complexity index is 1050. The summed E-state index contributed by atoms with van der Waals surface area (Å²) in [6.45, 7) is 11.9. The topological polar surface area (TPSA) is 99.2 Å². The van der Waals surface area contributed by atoms with Gasteiger partial charge in [-0.25, -0.2) is 14.6 Å². The molecule has 1 aromatic carbocycles. The van der Waals surface area contributed by atoms with Gasteiger partial charge in [-0.05, 0) is 81.6 Å². The van der Waals surface area contributed by atoms with Crippen LogP contribution in [0.2, 0.25) is 0 Å². The molecule has 0 fully saturated rings. The minimum atomic E-state index is -0.701. The number of carbonyl (C=O) groups is 2. The van der Waals surface area contributed by atoms with Crippen molar-refractivity contribution in [2.75, 3.05) is 24.7 Å². The summed E-state index contributed by atoms with van der Waals surface area (Å²) in [6, 6.07) is 5.13. The van der Waals surface area contributed by atoms with Crippen molar-refractivity contribution in [3.05, 3.63) is 33.7 Å². The molecule has 1 atom stereocenters. The van der Waals surface area contributed by atoms with Crippen molar-refractivity contribution in [3.63, 3.8) is 0 Å². The third kappa shape index (κ3) is 8.57. The Balaban J connectivity index is 1.87. The van der Waals surface area contributed by atoms with E-state index in [-0.39, 0.29) is 6.54 Å². The number of fused-ring (bicyclic) bond motifs is 1. The van der Waals surface area contributed by atoms with Crippen molar-refractivity contribution >= 4 is 44.6 Å². The molecule has 3 rings (SSSR count). The molecule has 0 unspecified atom stereocenters. The summed E-state index contributed by atoms with van der Waals surface area (Å²) < 4.78 is 23.2. The molecule has 0 bridgehead atoms. The summed E-state index contributed by atoms with van der Waals surface area (Å²) in [5.41, 5.74) is -0.468. The lowest BCUT2D eigenvalue weighted by Crippen LogP contribution is -2.49. The predicted molar refractivity (Wildman–Crippen MR) is 138 cm³/mol. The van der Waals surface area contributed by atoms with Crippen LogP contribution in [0.5, 0.6) is 11.5 Å². The number of aromatic nitrogens is 1. The average Bonchev–Trinajstić information content (AvgIpc) is 3.15. The zero-order valence-electron chi connectivity index (χ0n) is 20.8. The first-order valence-corrected chi connectivity index (χ1v) is 12.9. The Hall–Kier alpha value is -2.53. The van der Waals surface area contributed by atoms with Crippen LogP contribution in [0.25, 0.3) is 0 Å². The van der Waals surface area contributed by atoms with Crippen molar-refractivity contribution in [2.24, 2.45) is 0 Å². The van der Waals surface area contributed by atoms with Gasteiger partial charge in [0.1, 0.15) is 24.4 Å². The number of benzene rings is 1. The largest absolute Gasteiger partial charge is 0.486 e. The van der Waals surface area contributed by atoms with Gasteiger partial charge in [-0.3, -0.25) is 4.90 Å². The van der Waals surface area contributed by atoms with Crippen molar-refractivity contribution in [3.8, 4) is 11.5 Å². The third-order valence-electron chi connectivity index (χ3n) is 4.52. The van der Waals surface area contributed by atoms with E-state index in [2.05, 4.69) is 26.2 Å². The van der Waals surface area contributed by atoms with E-state index in [1.54, 1.807) is 47.7 Å². The van der Waals surface area contributed by atoms with Crippen molar-refractivity contribution in [1.82, 2.24) is 10.3 Å². The molecule has 2 aromatic rings. The maximum Gasteiger partial charge on any atom is 0.416 e. The van der Waals surface area contributed by atoms with Gasteiger partial charge in [0, 0.05) is 0 Å². The number of ether oxygens (including phenoxy) is 4. The summed E-state index contributed by atoms with van der Waals surface area (Å²) >= 11 is 4.70. The van der Waals surface area contributed by atoms with Crippen LogP contribution in [0.15, 0.2) is 28.2 Å². The monoisotopic (exact) mass is 569 g/mol. The highest BCUT2D eigenvalue weighted by Crippen LogP contribution is 2.32. The molecule has 1 aromatic heterocycles. The van der Waals surface area contributed by atoms with Crippen LogP contribution >= 0.6 is 27.3 Å². The molecule has 11 heteroatoms. The maximum atomic E-state index is 13.1. The van der Waals surface area contributed by atoms with Crippen LogP contribution in [-0.4, -0.2) is 54.2 Å². The molecule has 0 saturated heterocycles. The van der Waals surface area contributed by atoms with Crippen LogP contribution in [0.3, 0.4) is 0 Å². The minimum absolute atomic E-state index is 0.114. The van der Waals surface area contributed by atoms with Gasteiger partial charge in [0.05, 0.1) is 22.6 Å². The van der Waals surface area contributed by atoms with Gasteiger partial charge in [-0.1, -0.05) is 17.4 Å². The van der Waals surface area contributed by atoms with E-state index in [4.69, 9.17) is 18.9 Å². The summed E-state index contributed by atoms with van der Waals surface area (Å²) in [4.78, 5) is 31.6. The molecule has 1 aliphatic rings. The highest BCUT2D eigenvalue weighted by atomic mass is 79.9. The first-order valence-electron chi connectivity index (χ1n) is 11.3. The van der Waals surface area contributed by atoms with Gasteiger partial charge in [-0.2, -0.15) is 0 Å². The van der Waals surface area contributed by atoms with Gasteiger partial charge in [0.25, 0.3) is 0 Å². The number of rotatable bonds is 6. The zero-order valence-corrected chi connectivity index (χ0v) is 23.2. The number of nitrogens with one attached hydrogen (secondary N) is 1. The minimum Gasteiger partial charge on any atom is -0.486 e. The molecule has 1 N–H and O–H groups in total. The second-order valence-corrected chi connectivity index (χ2v) is 12.5. The maximum absolute atomic E-state index is 13.1. The molecule has 0 radical (unpaired) electrons. The molecule has 0 saturated carbocycles. The first-order chi connectivity index (χ1) is 16.3. The molecule has 1 aliphatic heterocycles. The lowest BCUT2D eigenvalue weighted by atomic mass is 10.0. The summed E-state index contributed by atoms with van der Waals surface area (Å²) in [5, 5.41) is 3.36. The Labute approximate surface area is 218 Å². The number of amides is 2. The molecular formula is C24H32BrN3O6S. The van der Waals surface area contributed by atoms with Crippen LogP contribution in [0.1, 0.15) is 47.1 Å². The number of anilines is 1. The van der Waals surface area contributed by atoms with Crippen molar-refractivity contribution in [1.29, 1.82) is 0 Å². The molecule has 2 amide bonds. The molecule has 192 valence electrons. The third-order valence-corrected chi connectivity index (χ3v) is 6.02. The van der Waals surface area contributed by atoms with Gasteiger partial charge < -0.3 is 24.3 Å². The Kier molecular flexibility index (Phi) is 8.53. The first kappa shape index (κ1) is 27.1. The lowest BCUT2D eigenvalue weighted by Gasteiger charge is -2.30. The van der Waals surface area contributed by atoms with Gasteiger partial charge in [0.2, 0.25) is 0 Å². The zero-order chi connectivity index (χ0) is 25.8. The number of alkyl carbamates (subject to hydrolysis) is 1. The number of hydrogen-bond donors (Lipinski definition) is 1. The number of nitrogens with zero attached hydrogens (tertiary/aromatic N) is 2. The number of carbonyl (C=O) groups excluding carboxylic acids is 2. The van der Waals surface area contributed by atoms with Gasteiger partial charge in [-0.15, -0.1) is 0 Å². The number of halogens is 1. The van der Waals surface area contributed by atoms with Crippen LogP contribution in [0, 0.1) is 0 Å². The fraction of sp³-hybridized carbons (Fsp3) is 0.542. The fourth-order valence-corrected chi connectivity index (χ4v) is 4.45. The van der Waals surface area contributed by atoms with Crippen LogP contribution in [0.4, 0.5) is 14.7 Å². The lowest BCUT2D eigenvalue weighted by molar-refractivity contribution is 0.0486. The van der Waals surface area contributed by atoms with Crippen LogP contribution in [-0.2, 0) is 15.9 Å². The molecule has 9 nitrogen and oxygen atoms in total. The molecule has 0 spiro atoms. The molecular weight excluding hydrogens is 538 g/mol. The van der Waals surface area contributed by atoms with Gasteiger partial charge >= 0.3 is 12.2 Å². The smallest absolute Gasteiger partial charge is 0.416 e. The van der Waals surface area contributed by atoms with E-state index in [0.717, 1.165) is 9.35 Å². The number of thiazole rings is 1. The standard InChI is InChI=1S/C24H32BrN3O6S/c1-23(2,3)33-21(29)27-16(11-15-7-8-17-18(12-15)32-10-9-31-17)14-28(20-26-13-19(25)35-20)22(30)34-24(4,5)6/h7-8,12-13,16H,9-11,14H2,1-6H3,(H,27,29)/t16-/m0/s1. The van der Waals surface area contributed by atoms with Crippen LogP contribution < -0.4 is 19.7 Å². The van der Waals surface area contributed by atoms with E-state index in [0.29, 0.717) is 36.3 Å². The second kappa shape index (κ2) is 11.0. The predicted octanol–water partition coefficient (Wildman–Crippen LogP) is 5.55. The van der Waals surface area contributed by atoms with E-state index in [1.807, 2.05) is 18.2 Å². The van der Waals surface area contributed by atoms with Crippen molar-refractivity contribution < 1.29 is 28.5 Å². The average molecular weight is 571 g/mol. The van der Waals surface area contributed by atoms with E-state index in [1.165, 1.54) is 16.2 Å². The fourth-order valence-electron chi connectivity index (χ4n) is 3.27. The number of hydrogen-bond acceptors (Lipinski definition) is 8. The SMILES string of the molecule is CC(C)(C)OC(=O)N[C@@H](Cc1ccc2c(c1)OCCO2)CN(C(=O)OC(C)(C)C)c1ncc(Br)s1. The van der Waals surface area contributed by atoms with Gasteiger partial charge in [0.15, 0.2) is 16.6 Å². The normalized spacial score (nSPS) is 14.1. The Morgan fingerprint density at radius 3 is 2.37 bits per heavy atom. The Morgan fingerprint density at radius 2 is 1.77 bits per heavy atom. The molecule has 2 heterocycles.